The van der Waals surface area contributed by atoms with Crippen molar-refractivity contribution in [2.45, 2.75) is 31.8 Å². The van der Waals surface area contributed by atoms with Crippen molar-refractivity contribution >= 4 is 0 Å². The number of rotatable bonds is 3. The van der Waals surface area contributed by atoms with Gasteiger partial charge in [0.05, 0.1) is 12.7 Å². The first-order valence-corrected chi connectivity index (χ1v) is 7.09. The second-order valence-electron chi connectivity index (χ2n) is 5.92. The number of para-hydroxylation sites is 1. The molecule has 1 heterocycles. The van der Waals surface area contributed by atoms with Gasteiger partial charge in [-0.1, -0.05) is 62.4 Å². The maximum absolute atomic E-state index is 10.9. The van der Waals surface area contributed by atoms with E-state index in [9.17, 15) is 5.11 Å². The number of aliphatic hydroxyl groups excluding tert-OH is 1. The van der Waals surface area contributed by atoms with E-state index in [-0.39, 0.29) is 5.41 Å². The maximum atomic E-state index is 10.9. The average Bonchev–Trinajstić information content (AvgIpc) is 2.95. The highest BCUT2D eigenvalue weighted by molar-refractivity contribution is 5.47. The largest absolute Gasteiger partial charge is 0.493 e. The van der Waals surface area contributed by atoms with Crippen LogP contribution in [0.15, 0.2) is 48.5 Å². The van der Waals surface area contributed by atoms with Crippen LogP contribution >= 0.6 is 0 Å². The Hall–Kier alpha value is -1.80. The van der Waals surface area contributed by atoms with Crippen LogP contribution in [-0.4, -0.2) is 11.7 Å². The van der Waals surface area contributed by atoms with Gasteiger partial charge in [0.25, 0.3) is 0 Å². The predicted octanol–water partition coefficient (Wildman–Crippen LogP) is 3.63. The van der Waals surface area contributed by atoms with E-state index in [0.29, 0.717) is 6.61 Å². The second kappa shape index (κ2) is 4.95. The minimum absolute atomic E-state index is 0.359. The molecule has 0 saturated carbocycles. The topological polar surface area (TPSA) is 29.5 Å². The maximum Gasteiger partial charge on any atom is 0.128 e. The molecule has 0 aromatic heterocycles. The molecule has 0 saturated heterocycles. The van der Waals surface area contributed by atoms with Gasteiger partial charge in [0, 0.05) is 17.4 Å². The Kier molecular flexibility index (Phi) is 3.27. The minimum atomic E-state index is -0.585. The number of hydrogen-bond donors (Lipinski definition) is 1. The van der Waals surface area contributed by atoms with E-state index < -0.39 is 6.10 Å². The third-order valence-corrected chi connectivity index (χ3v) is 4.24. The molecule has 20 heavy (non-hydrogen) atoms. The lowest BCUT2D eigenvalue weighted by atomic mass is 9.76. The molecule has 1 atom stereocenters. The summed E-state index contributed by atoms with van der Waals surface area (Å²) in [5.41, 5.74) is 2.87. The highest BCUT2D eigenvalue weighted by Crippen LogP contribution is 2.42. The SMILES string of the molecule is CC(C)(c1ccccc1)C(O)c1cccc2c1OCC2. The van der Waals surface area contributed by atoms with Gasteiger partial charge in [-0.3, -0.25) is 0 Å². The standard InChI is InChI=1S/C18H20O2/c1-18(2,14-8-4-3-5-9-14)17(19)15-10-6-7-13-11-12-20-16(13)15/h3-10,17,19H,11-12H2,1-2H3. The molecule has 2 aromatic carbocycles. The van der Waals surface area contributed by atoms with Gasteiger partial charge < -0.3 is 9.84 Å². The molecule has 2 nitrogen and oxygen atoms in total. The number of aliphatic hydroxyl groups is 1. The molecule has 1 aliphatic rings. The smallest absolute Gasteiger partial charge is 0.128 e. The van der Waals surface area contributed by atoms with Crippen LogP contribution in [0.2, 0.25) is 0 Å². The summed E-state index contributed by atoms with van der Waals surface area (Å²) in [5.74, 6) is 0.879. The highest BCUT2D eigenvalue weighted by atomic mass is 16.5. The first kappa shape index (κ1) is 13.2. The van der Waals surface area contributed by atoms with Gasteiger partial charge >= 0.3 is 0 Å². The van der Waals surface area contributed by atoms with E-state index in [1.807, 2.05) is 30.3 Å². The van der Waals surface area contributed by atoms with Gasteiger partial charge in [-0.2, -0.15) is 0 Å². The molecule has 2 heteroatoms. The first-order chi connectivity index (χ1) is 9.60. The Morgan fingerprint density at radius 2 is 1.80 bits per heavy atom. The van der Waals surface area contributed by atoms with Crippen molar-refractivity contribution in [1.82, 2.24) is 0 Å². The van der Waals surface area contributed by atoms with E-state index in [4.69, 9.17) is 4.74 Å². The van der Waals surface area contributed by atoms with Crippen LogP contribution in [0.25, 0.3) is 0 Å². The van der Waals surface area contributed by atoms with Crippen LogP contribution in [0.4, 0.5) is 0 Å². The number of fused-ring (bicyclic) bond motifs is 1. The third-order valence-electron chi connectivity index (χ3n) is 4.24. The van der Waals surface area contributed by atoms with Crippen LogP contribution in [0.1, 0.15) is 36.6 Å². The molecule has 0 spiro atoms. The van der Waals surface area contributed by atoms with Gasteiger partial charge in [-0.25, -0.2) is 0 Å². The van der Waals surface area contributed by atoms with E-state index in [2.05, 4.69) is 32.0 Å². The van der Waals surface area contributed by atoms with Gasteiger partial charge in [-0.15, -0.1) is 0 Å². The van der Waals surface area contributed by atoms with Crippen molar-refractivity contribution < 1.29 is 9.84 Å². The summed E-state index contributed by atoms with van der Waals surface area (Å²) in [6.45, 7) is 4.85. The van der Waals surface area contributed by atoms with Crippen LogP contribution in [0.5, 0.6) is 5.75 Å². The van der Waals surface area contributed by atoms with Crippen molar-refractivity contribution in [3.8, 4) is 5.75 Å². The van der Waals surface area contributed by atoms with Gasteiger partial charge in [0.1, 0.15) is 5.75 Å². The molecule has 0 radical (unpaired) electrons. The molecule has 2 aromatic rings. The summed E-state index contributed by atoms with van der Waals surface area (Å²) in [7, 11) is 0. The fraction of sp³-hybridized carbons (Fsp3) is 0.333. The van der Waals surface area contributed by atoms with Crippen molar-refractivity contribution in [2.24, 2.45) is 0 Å². The van der Waals surface area contributed by atoms with E-state index >= 15 is 0 Å². The van der Waals surface area contributed by atoms with Gasteiger partial charge in [-0.05, 0) is 11.1 Å². The molecule has 0 fully saturated rings. The molecule has 0 amide bonds. The monoisotopic (exact) mass is 268 g/mol. The van der Waals surface area contributed by atoms with Crippen LogP contribution in [-0.2, 0) is 11.8 Å². The zero-order chi connectivity index (χ0) is 14.2. The second-order valence-corrected chi connectivity index (χ2v) is 5.92. The fourth-order valence-electron chi connectivity index (χ4n) is 2.87. The summed E-state index contributed by atoms with van der Waals surface area (Å²) in [5, 5.41) is 10.9. The lowest BCUT2D eigenvalue weighted by Gasteiger charge is -2.32. The molecule has 1 N–H and O–H groups in total. The van der Waals surface area contributed by atoms with E-state index in [1.165, 1.54) is 5.56 Å². The Labute approximate surface area is 120 Å². The Morgan fingerprint density at radius 3 is 2.55 bits per heavy atom. The molecular weight excluding hydrogens is 248 g/mol. The van der Waals surface area contributed by atoms with Gasteiger partial charge in [0.2, 0.25) is 0 Å². The van der Waals surface area contributed by atoms with Crippen LogP contribution in [0.3, 0.4) is 0 Å². The van der Waals surface area contributed by atoms with Crippen molar-refractivity contribution in [3.63, 3.8) is 0 Å². The summed E-state index contributed by atoms with van der Waals surface area (Å²) in [6, 6.07) is 16.2. The molecular formula is C18H20O2. The van der Waals surface area contributed by atoms with Crippen LogP contribution in [0, 0.1) is 0 Å². The quantitative estimate of drug-likeness (QED) is 0.921. The zero-order valence-corrected chi connectivity index (χ0v) is 12.0. The average molecular weight is 268 g/mol. The highest BCUT2D eigenvalue weighted by Gasteiger charge is 2.34. The molecule has 3 rings (SSSR count). The minimum Gasteiger partial charge on any atom is -0.493 e. The van der Waals surface area contributed by atoms with Gasteiger partial charge in [0.15, 0.2) is 0 Å². The van der Waals surface area contributed by atoms with E-state index in [1.54, 1.807) is 0 Å². The lowest BCUT2D eigenvalue weighted by Crippen LogP contribution is -2.27. The number of benzene rings is 2. The predicted molar refractivity (Wildman–Crippen MR) is 80.1 cm³/mol. The Balaban J connectivity index is 2.01. The zero-order valence-electron chi connectivity index (χ0n) is 12.0. The van der Waals surface area contributed by atoms with Crippen LogP contribution < -0.4 is 4.74 Å². The van der Waals surface area contributed by atoms with Crippen molar-refractivity contribution in [3.05, 3.63) is 65.2 Å². The normalized spacial score (nSPS) is 15.6. The van der Waals surface area contributed by atoms with Crippen molar-refractivity contribution in [2.75, 3.05) is 6.61 Å². The Bertz CT molecular complexity index is 602. The molecule has 0 aliphatic carbocycles. The Morgan fingerprint density at radius 1 is 1.05 bits per heavy atom. The number of hydrogen-bond acceptors (Lipinski definition) is 2. The molecule has 1 aliphatic heterocycles. The lowest BCUT2D eigenvalue weighted by molar-refractivity contribution is 0.0973. The fourth-order valence-corrected chi connectivity index (χ4v) is 2.87. The first-order valence-electron chi connectivity index (χ1n) is 7.09. The van der Waals surface area contributed by atoms with Crippen molar-refractivity contribution in [1.29, 1.82) is 0 Å². The molecule has 1 unspecified atom stereocenters. The molecule has 104 valence electrons. The summed E-state index contributed by atoms with van der Waals surface area (Å²) in [4.78, 5) is 0. The molecule has 0 bridgehead atoms. The third kappa shape index (κ3) is 2.10. The summed E-state index contributed by atoms with van der Waals surface area (Å²) >= 11 is 0. The van der Waals surface area contributed by atoms with E-state index in [0.717, 1.165) is 23.3 Å². The summed E-state index contributed by atoms with van der Waals surface area (Å²) < 4.78 is 5.72. The summed E-state index contributed by atoms with van der Waals surface area (Å²) in [6.07, 6.45) is 0.347. The number of ether oxygens (including phenoxy) is 1.